The molecule has 0 aliphatic carbocycles. The quantitative estimate of drug-likeness (QED) is 0.872. The predicted octanol–water partition coefficient (Wildman–Crippen LogP) is 2.73. The van der Waals surface area contributed by atoms with E-state index in [4.69, 9.17) is 10.00 Å². The van der Waals surface area contributed by atoms with Crippen molar-refractivity contribution in [3.63, 3.8) is 0 Å². The van der Waals surface area contributed by atoms with Gasteiger partial charge < -0.3 is 9.64 Å². The van der Waals surface area contributed by atoms with Crippen molar-refractivity contribution in [2.75, 3.05) is 19.7 Å². The summed E-state index contributed by atoms with van der Waals surface area (Å²) in [5, 5.41) is 8.93. The molecule has 1 aliphatic rings. The maximum Gasteiger partial charge on any atom is 0.254 e. The van der Waals surface area contributed by atoms with E-state index < -0.39 is 0 Å². The summed E-state index contributed by atoms with van der Waals surface area (Å²) in [6.45, 7) is 3.68. The number of carbonyl (C=O) groups excluding carboxylic acids is 1. The van der Waals surface area contributed by atoms with Gasteiger partial charge >= 0.3 is 0 Å². The van der Waals surface area contributed by atoms with Crippen molar-refractivity contribution < 1.29 is 9.53 Å². The highest BCUT2D eigenvalue weighted by Gasteiger charge is 2.26. The molecule has 1 fully saturated rings. The van der Waals surface area contributed by atoms with Gasteiger partial charge in [0.1, 0.15) is 17.9 Å². The molecule has 0 saturated carbocycles. The zero-order chi connectivity index (χ0) is 16.9. The molecule has 0 radical (unpaired) electrons. The normalized spacial score (nSPS) is 17.3. The first-order chi connectivity index (χ1) is 11.7. The van der Waals surface area contributed by atoms with Crippen molar-refractivity contribution >= 4 is 5.91 Å². The Hall–Kier alpha value is -2.71. The average molecular weight is 321 g/mol. The highest BCUT2D eigenvalue weighted by atomic mass is 16.5. The minimum absolute atomic E-state index is 0.0904. The van der Waals surface area contributed by atoms with Crippen molar-refractivity contribution in [1.82, 2.24) is 9.88 Å². The van der Waals surface area contributed by atoms with Crippen LogP contribution in [0.15, 0.2) is 42.6 Å². The molecule has 0 bridgehead atoms. The number of nitrogens with zero attached hydrogens (tertiary/aromatic N) is 3. The van der Waals surface area contributed by atoms with Gasteiger partial charge in [0.05, 0.1) is 13.2 Å². The fourth-order valence-corrected chi connectivity index (χ4v) is 2.81. The topological polar surface area (TPSA) is 66.2 Å². The van der Waals surface area contributed by atoms with Crippen molar-refractivity contribution in [1.29, 1.82) is 5.26 Å². The first kappa shape index (κ1) is 16.2. The summed E-state index contributed by atoms with van der Waals surface area (Å²) in [6.07, 6.45) is 2.37. The van der Waals surface area contributed by atoms with Gasteiger partial charge in [-0.3, -0.25) is 4.79 Å². The van der Waals surface area contributed by atoms with E-state index in [9.17, 15) is 4.79 Å². The molecule has 5 heteroatoms. The summed E-state index contributed by atoms with van der Waals surface area (Å²) < 4.78 is 5.84. The summed E-state index contributed by atoms with van der Waals surface area (Å²) in [5.41, 5.74) is 3.10. The van der Waals surface area contributed by atoms with Crippen LogP contribution in [-0.2, 0) is 11.2 Å². The number of aromatic nitrogens is 1. The lowest BCUT2D eigenvalue weighted by Gasteiger charge is -2.33. The molecule has 2 heterocycles. The molecule has 2 aromatic rings. The lowest BCUT2D eigenvalue weighted by atomic mass is 10.0. The molecule has 1 aliphatic heterocycles. The minimum Gasteiger partial charge on any atom is -0.370 e. The fourth-order valence-electron chi connectivity index (χ4n) is 2.81. The number of morpholine rings is 1. The summed E-state index contributed by atoms with van der Waals surface area (Å²) >= 11 is 0. The first-order valence-electron chi connectivity index (χ1n) is 8.07. The third-order valence-electron chi connectivity index (χ3n) is 4.23. The van der Waals surface area contributed by atoms with Crippen LogP contribution in [0.2, 0.25) is 0 Å². The molecule has 3 rings (SSSR count). The molecular weight excluding hydrogens is 302 g/mol. The SMILES string of the molecule is CCc1ccc([C@@H]2CN(C(=O)c3ccnc(C#N)c3)CCO2)cc1. The van der Waals surface area contributed by atoms with Gasteiger partial charge in [-0.15, -0.1) is 0 Å². The molecule has 122 valence electrons. The largest absolute Gasteiger partial charge is 0.370 e. The van der Waals surface area contributed by atoms with Crippen molar-refractivity contribution in [2.24, 2.45) is 0 Å². The van der Waals surface area contributed by atoms with Crippen LogP contribution in [0.4, 0.5) is 0 Å². The van der Waals surface area contributed by atoms with E-state index >= 15 is 0 Å². The van der Waals surface area contributed by atoms with E-state index in [2.05, 4.69) is 36.2 Å². The van der Waals surface area contributed by atoms with Crippen molar-refractivity contribution in [2.45, 2.75) is 19.4 Å². The number of amides is 1. The van der Waals surface area contributed by atoms with Crippen LogP contribution in [0.1, 0.15) is 40.2 Å². The number of benzene rings is 1. The van der Waals surface area contributed by atoms with Crippen LogP contribution in [0.3, 0.4) is 0 Å². The summed E-state index contributed by atoms with van der Waals surface area (Å²) in [7, 11) is 0. The average Bonchev–Trinajstić information content (AvgIpc) is 2.67. The van der Waals surface area contributed by atoms with Gasteiger partial charge in [0.25, 0.3) is 5.91 Å². The molecular formula is C19H19N3O2. The summed E-state index contributed by atoms with van der Waals surface area (Å²) in [6, 6.07) is 13.5. The zero-order valence-electron chi connectivity index (χ0n) is 13.6. The Bertz CT molecular complexity index is 765. The Morgan fingerprint density at radius 2 is 2.17 bits per heavy atom. The number of nitriles is 1. The molecule has 1 atom stereocenters. The van der Waals surface area contributed by atoms with Gasteiger partial charge in [0, 0.05) is 18.3 Å². The second-order valence-electron chi connectivity index (χ2n) is 5.75. The van der Waals surface area contributed by atoms with Gasteiger partial charge in [-0.2, -0.15) is 5.26 Å². The molecule has 1 amide bonds. The monoisotopic (exact) mass is 321 g/mol. The maximum atomic E-state index is 12.7. The highest BCUT2D eigenvalue weighted by Crippen LogP contribution is 2.24. The van der Waals surface area contributed by atoms with Crippen molar-refractivity contribution in [3.05, 3.63) is 65.0 Å². The predicted molar refractivity (Wildman–Crippen MR) is 89.4 cm³/mol. The Morgan fingerprint density at radius 1 is 1.38 bits per heavy atom. The molecule has 1 aromatic heterocycles. The zero-order valence-corrected chi connectivity index (χ0v) is 13.6. The Balaban J connectivity index is 1.74. The van der Waals surface area contributed by atoms with Gasteiger partial charge in [0.2, 0.25) is 0 Å². The van der Waals surface area contributed by atoms with Crippen LogP contribution < -0.4 is 0 Å². The Kier molecular flexibility index (Phi) is 4.88. The molecule has 1 saturated heterocycles. The molecule has 1 aromatic carbocycles. The minimum atomic E-state index is -0.120. The van der Waals surface area contributed by atoms with Crippen LogP contribution in [0, 0.1) is 11.3 Å². The van der Waals surface area contributed by atoms with E-state index in [1.165, 1.54) is 17.8 Å². The third-order valence-corrected chi connectivity index (χ3v) is 4.23. The first-order valence-corrected chi connectivity index (χ1v) is 8.07. The van der Waals surface area contributed by atoms with E-state index in [-0.39, 0.29) is 17.7 Å². The maximum absolute atomic E-state index is 12.7. The second-order valence-corrected chi connectivity index (χ2v) is 5.75. The molecule has 0 unspecified atom stereocenters. The number of pyridine rings is 1. The van der Waals surface area contributed by atoms with E-state index in [1.807, 2.05) is 6.07 Å². The molecule has 24 heavy (non-hydrogen) atoms. The van der Waals surface area contributed by atoms with Crippen LogP contribution in [0.5, 0.6) is 0 Å². The lowest BCUT2D eigenvalue weighted by Crippen LogP contribution is -2.42. The van der Waals surface area contributed by atoms with Gasteiger partial charge in [-0.25, -0.2) is 4.98 Å². The number of hydrogen-bond donors (Lipinski definition) is 0. The smallest absolute Gasteiger partial charge is 0.254 e. The number of carbonyl (C=O) groups is 1. The van der Waals surface area contributed by atoms with Crippen LogP contribution in [0.25, 0.3) is 0 Å². The Labute approximate surface area is 141 Å². The summed E-state index contributed by atoms with van der Waals surface area (Å²) in [4.78, 5) is 18.4. The standard InChI is InChI=1S/C19H19N3O2/c1-2-14-3-5-15(6-4-14)18-13-22(9-10-24-18)19(23)16-7-8-21-17(11-16)12-20/h3-8,11,18H,2,9-10,13H2,1H3/t18-/m0/s1. The number of rotatable bonds is 3. The number of aryl methyl sites for hydroxylation is 1. The lowest BCUT2D eigenvalue weighted by molar-refractivity contribution is -0.0228. The number of ether oxygens (including phenoxy) is 1. The highest BCUT2D eigenvalue weighted by molar-refractivity contribution is 5.94. The van der Waals surface area contributed by atoms with Crippen LogP contribution >= 0.6 is 0 Å². The molecule has 0 spiro atoms. The third kappa shape index (κ3) is 3.44. The van der Waals surface area contributed by atoms with E-state index in [0.717, 1.165) is 12.0 Å². The number of hydrogen-bond acceptors (Lipinski definition) is 4. The van der Waals surface area contributed by atoms with Crippen molar-refractivity contribution in [3.8, 4) is 6.07 Å². The van der Waals surface area contributed by atoms with E-state index in [0.29, 0.717) is 25.3 Å². The molecule has 0 N–H and O–H groups in total. The second kappa shape index (κ2) is 7.24. The van der Waals surface area contributed by atoms with Crippen LogP contribution in [-0.4, -0.2) is 35.5 Å². The van der Waals surface area contributed by atoms with Gasteiger partial charge in [0.15, 0.2) is 0 Å². The fraction of sp³-hybridized carbons (Fsp3) is 0.316. The van der Waals surface area contributed by atoms with E-state index in [1.54, 1.807) is 11.0 Å². The molecule has 5 nitrogen and oxygen atoms in total. The summed E-state index contributed by atoms with van der Waals surface area (Å²) in [5.74, 6) is -0.0904. The van der Waals surface area contributed by atoms with Gasteiger partial charge in [-0.1, -0.05) is 31.2 Å². The Morgan fingerprint density at radius 3 is 2.88 bits per heavy atom. The van der Waals surface area contributed by atoms with Gasteiger partial charge in [-0.05, 0) is 29.7 Å².